The molecule has 0 N–H and O–H groups in total. The largest absolute Gasteiger partial charge is 0.634 e. The molecule has 10 heteroatoms. The van der Waals surface area contributed by atoms with Crippen LogP contribution in [0.2, 0.25) is 0 Å². The van der Waals surface area contributed by atoms with Gasteiger partial charge in [0.2, 0.25) is 0 Å². The summed E-state index contributed by atoms with van der Waals surface area (Å²) in [6, 6.07) is 0. The van der Waals surface area contributed by atoms with E-state index in [2.05, 4.69) is 9.31 Å². The summed E-state index contributed by atoms with van der Waals surface area (Å²) in [4.78, 5) is 30.8. The van der Waals surface area contributed by atoms with Crippen LogP contribution in [0.4, 0.5) is 17.5 Å². The van der Waals surface area contributed by atoms with Gasteiger partial charge in [-0.15, -0.1) is 0 Å². The first-order valence-corrected chi connectivity index (χ1v) is 3.07. The molecule has 0 saturated carbocycles. The molecule has 0 spiro atoms. The van der Waals surface area contributed by atoms with Gasteiger partial charge in [0.15, 0.2) is 0 Å². The van der Waals surface area contributed by atoms with Crippen molar-refractivity contribution in [2.24, 2.45) is 0 Å². The highest BCUT2D eigenvalue weighted by Gasteiger charge is 2.64. The zero-order valence-electron chi connectivity index (χ0n) is 6.13. The average Bonchev–Trinajstić information content (AvgIpc) is 1.98. The number of hydrogen-bond donors (Lipinski definition) is 0. The van der Waals surface area contributed by atoms with Gasteiger partial charge in [0, 0.05) is 0 Å². The van der Waals surface area contributed by atoms with Gasteiger partial charge in [0.05, 0.1) is 0 Å². The van der Waals surface area contributed by atoms with E-state index in [1.807, 2.05) is 0 Å². The molecule has 1 saturated heterocycles. The van der Waals surface area contributed by atoms with Crippen molar-refractivity contribution in [3.05, 3.63) is 0 Å². The second kappa shape index (κ2) is 2.69. The SMILES string of the molecule is O=C1O[B-](F)(C(F)(F)F)OC(=O)C1=O. The summed E-state index contributed by atoms with van der Waals surface area (Å²) in [5, 5.41) is 0. The van der Waals surface area contributed by atoms with E-state index in [1.54, 1.807) is 0 Å². The molecule has 0 atom stereocenters. The van der Waals surface area contributed by atoms with Crippen LogP contribution in [0.15, 0.2) is 0 Å². The molecule has 1 fully saturated rings. The van der Waals surface area contributed by atoms with E-state index in [4.69, 9.17) is 0 Å². The molecule has 78 valence electrons. The quantitative estimate of drug-likeness (QED) is 0.314. The van der Waals surface area contributed by atoms with Crippen LogP contribution < -0.4 is 0 Å². The number of carbonyl (C=O) groups excluding carboxylic acids is 3. The lowest BCUT2D eigenvalue weighted by atomic mass is 9.80. The highest BCUT2D eigenvalue weighted by atomic mass is 19.4. The second-order valence-corrected chi connectivity index (χ2v) is 2.30. The molecule has 0 bridgehead atoms. The molecule has 0 unspecified atom stereocenters. The van der Waals surface area contributed by atoms with E-state index in [-0.39, 0.29) is 0 Å². The van der Waals surface area contributed by atoms with E-state index < -0.39 is 30.6 Å². The summed E-state index contributed by atoms with van der Waals surface area (Å²) in [6.07, 6.45) is -5.69. The van der Waals surface area contributed by atoms with Crippen LogP contribution in [-0.4, -0.2) is 30.6 Å². The molecule has 5 nitrogen and oxygen atoms in total. The molecule has 0 amide bonds. The maximum absolute atomic E-state index is 12.7. The van der Waals surface area contributed by atoms with Crippen molar-refractivity contribution in [1.82, 2.24) is 0 Å². The molecule has 1 aliphatic heterocycles. The van der Waals surface area contributed by atoms with Gasteiger partial charge >= 0.3 is 30.6 Å². The Balaban J connectivity index is 3.02. The number of ketones is 1. The van der Waals surface area contributed by atoms with E-state index >= 15 is 0 Å². The predicted molar refractivity (Wildman–Crippen MR) is 30.1 cm³/mol. The number of Topliss-reactive ketones (excluding diaryl/α,β-unsaturated/α-hetero) is 1. The Kier molecular flexibility index (Phi) is 2.01. The minimum absolute atomic E-state index is 1.98. The standard InChI is InChI=1S/C4BF4O5/c6-4(7,8)5(9)13-2(11)1(10)3(12)14-5/q-1. The monoisotopic (exact) mass is 215 g/mol. The lowest BCUT2D eigenvalue weighted by molar-refractivity contribution is -0.176. The van der Waals surface area contributed by atoms with Crippen LogP contribution in [0.3, 0.4) is 0 Å². The molecular formula is C4BF4O5-. The molecule has 1 aliphatic rings. The smallest absolute Gasteiger partial charge is 0.619 e. The Bertz CT molecular complexity index is 302. The molecule has 0 aromatic carbocycles. The summed E-state index contributed by atoms with van der Waals surface area (Å²) >= 11 is 0. The first-order valence-electron chi connectivity index (χ1n) is 3.07. The Hall–Kier alpha value is -1.61. The van der Waals surface area contributed by atoms with Gasteiger partial charge in [-0.25, -0.2) is 22.8 Å². The van der Waals surface area contributed by atoms with Crippen LogP contribution in [0.5, 0.6) is 0 Å². The second-order valence-electron chi connectivity index (χ2n) is 2.30. The minimum Gasteiger partial charge on any atom is -0.619 e. The van der Waals surface area contributed by atoms with Crippen molar-refractivity contribution in [1.29, 1.82) is 0 Å². The van der Waals surface area contributed by atoms with Gasteiger partial charge in [0.25, 0.3) is 0 Å². The molecule has 1 heterocycles. The Labute approximate surface area is 73.0 Å². The molecule has 0 aromatic heterocycles. The molecule has 0 aromatic rings. The van der Waals surface area contributed by atoms with Gasteiger partial charge in [-0.1, -0.05) is 0 Å². The van der Waals surface area contributed by atoms with Gasteiger partial charge in [-0.05, 0) is 0 Å². The first-order chi connectivity index (χ1) is 6.17. The fourth-order valence-electron chi connectivity index (χ4n) is 0.623. The van der Waals surface area contributed by atoms with Crippen molar-refractivity contribution in [3.63, 3.8) is 0 Å². The number of rotatable bonds is 0. The Morgan fingerprint density at radius 3 is 1.64 bits per heavy atom. The molecule has 1 rings (SSSR count). The number of alkyl halides is 3. The van der Waals surface area contributed by atoms with Gasteiger partial charge < -0.3 is 13.6 Å². The highest BCUT2D eigenvalue weighted by Crippen LogP contribution is 2.33. The van der Waals surface area contributed by atoms with Crippen LogP contribution >= 0.6 is 0 Å². The minimum atomic E-state index is -5.69. The normalized spacial score (nSPS) is 21.6. The maximum Gasteiger partial charge on any atom is 0.634 e. The van der Waals surface area contributed by atoms with Gasteiger partial charge in [-0.2, -0.15) is 0 Å². The lowest BCUT2D eigenvalue weighted by Gasteiger charge is -2.36. The van der Waals surface area contributed by atoms with E-state index in [0.717, 1.165) is 0 Å². The van der Waals surface area contributed by atoms with Crippen LogP contribution in [0.1, 0.15) is 0 Å². The molecule has 14 heavy (non-hydrogen) atoms. The maximum atomic E-state index is 12.7. The van der Waals surface area contributed by atoms with Crippen LogP contribution in [-0.2, 0) is 23.7 Å². The zero-order chi connectivity index (χ0) is 11.1. The Morgan fingerprint density at radius 1 is 1.00 bits per heavy atom. The number of hydrogen-bond acceptors (Lipinski definition) is 5. The fourth-order valence-corrected chi connectivity index (χ4v) is 0.623. The van der Waals surface area contributed by atoms with Crippen molar-refractivity contribution >= 4 is 24.6 Å². The van der Waals surface area contributed by atoms with Crippen molar-refractivity contribution in [3.8, 4) is 0 Å². The summed E-state index contributed by atoms with van der Waals surface area (Å²) in [7, 11) is 0. The average molecular weight is 215 g/mol. The van der Waals surface area contributed by atoms with Crippen molar-refractivity contribution in [2.45, 2.75) is 6.08 Å². The van der Waals surface area contributed by atoms with Crippen LogP contribution in [0, 0.1) is 0 Å². The predicted octanol–water partition coefficient (Wildman–Crippen LogP) is -0.335. The lowest BCUT2D eigenvalue weighted by Crippen LogP contribution is -2.60. The third kappa shape index (κ3) is 1.42. The molecule has 0 aliphatic carbocycles. The van der Waals surface area contributed by atoms with Gasteiger partial charge in [0.1, 0.15) is 0 Å². The Morgan fingerprint density at radius 2 is 1.36 bits per heavy atom. The van der Waals surface area contributed by atoms with Crippen molar-refractivity contribution < 1.29 is 41.2 Å². The molecular weight excluding hydrogens is 215 g/mol. The summed E-state index contributed by atoms with van der Waals surface area (Å²) in [6.45, 7) is -5.58. The van der Waals surface area contributed by atoms with Crippen molar-refractivity contribution in [2.75, 3.05) is 0 Å². The third-order valence-corrected chi connectivity index (χ3v) is 1.28. The topological polar surface area (TPSA) is 69.7 Å². The van der Waals surface area contributed by atoms with Gasteiger partial charge in [-0.3, -0.25) is 4.79 Å². The third-order valence-electron chi connectivity index (χ3n) is 1.28. The van der Waals surface area contributed by atoms with E-state index in [9.17, 15) is 31.9 Å². The van der Waals surface area contributed by atoms with E-state index in [0.29, 0.717) is 0 Å². The summed E-state index contributed by atoms with van der Waals surface area (Å²) in [5.41, 5.74) is 0. The number of halogens is 4. The van der Waals surface area contributed by atoms with E-state index in [1.165, 1.54) is 0 Å². The van der Waals surface area contributed by atoms with Crippen LogP contribution in [0.25, 0.3) is 0 Å². The fraction of sp³-hybridized carbons (Fsp3) is 0.250. The zero-order valence-corrected chi connectivity index (χ0v) is 6.13. The number of carbonyl (C=O) groups is 3. The summed E-state index contributed by atoms with van der Waals surface area (Å²) in [5.74, 6) is -6.42. The summed E-state index contributed by atoms with van der Waals surface area (Å²) < 4.78 is 54.1. The highest BCUT2D eigenvalue weighted by molar-refractivity contribution is 6.77. The first kappa shape index (κ1) is 10.5. The molecule has 0 radical (unpaired) electrons.